The van der Waals surface area contributed by atoms with E-state index in [9.17, 15) is 16.8 Å². The first-order valence-electron chi connectivity index (χ1n) is 12.9. The molecule has 0 bridgehead atoms. The first-order valence-corrected chi connectivity index (χ1v) is 16.6. The number of fused-ring (bicyclic) bond motifs is 2. The van der Waals surface area contributed by atoms with Gasteiger partial charge in [-0.3, -0.25) is 0 Å². The van der Waals surface area contributed by atoms with Gasteiger partial charge in [0.25, 0.3) is 20.0 Å². The Labute approximate surface area is 258 Å². The van der Waals surface area contributed by atoms with Gasteiger partial charge in [0.1, 0.15) is 11.5 Å². The van der Waals surface area contributed by atoms with Crippen LogP contribution in [0.1, 0.15) is 5.56 Å². The minimum absolute atomic E-state index is 0.246. The zero-order valence-corrected chi connectivity index (χ0v) is 26.4. The van der Waals surface area contributed by atoms with Crippen molar-refractivity contribution in [2.75, 3.05) is 14.2 Å². The highest BCUT2D eigenvalue weighted by molar-refractivity contribution is 9.10. The molecule has 2 aromatic heterocycles. The minimum atomic E-state index is -3.65. The monoisotopic (exact) mass is 678 g/mol. The molecule has 0 spiro atoms. The van der Waals surface area contributed by atoms with Crippen LogP contribution < -0.4 is 9.47 Å². The third-order valence-electron chi connectivity index (χ3n) is 6.76. The molecule has 43 heavy (non-hydrogen) atoms. The molecule has 6 rings (SSSR count). The van der Waals surface area contributed by atoms with Crippen molar-refractivity contribution >= 4 is 63.9 Å². The van der Waals surface area contributed by atoms with Gasteiger partial charge in [-0.25, -0.2) is 24.8 Å². The summed E-state index contributed by atoms with van der Waals surface area (Å²) >= 11 is 3.44. The quantitative estimate of drug-likeness (QED) is 0.178. The Hall–Kier alpha value is -4.32. The number of hydrogen-bond acceptors (Lipinski definition) is 6. The van der Waals surface area contributed by atoms with Gasteiger partial charge in [-0.15, -0.1) is 0 Å². The molecule has 0 aliphatic carbocycles. The van der Waals surface area contributed by atoms with E-state index in [0.29, 0.717) is 22.5 Å². The van der Waals surface area contributed by atoms with E-state index in [1.54, 1.807) is 118 Å². The van der Waals surface area contributed by atoms with Gasteiger partial charge in [0, 0.05) is 39.8 Å². The van der Waals surface area contributed by atoms with Gasteiger partial charge in [0.2, 0.25) is 0 Å². The molecule has 0 aliphatic rings. The van der Waals surface area contributed by atoms with Crippen LogP contribution in [0.2, 0.25) is 0 Å². The van der Waals surface area contributed by atoms with E-state index >= 15 is 0 Å². The van der Waals surface area contributed by atoms with Gasteiger partial charge in [-0.2, -0.15) is 0 Å². The van der Waals surface area contributed by atoms with E-state index < -0.39 is 20.0 Å². The van der Waals surface area contributed by atoms with E-state index in [-0.39, 0.29) is 9.79 Å². The zero-order chi connectivity index (χ0) is 30.8. The number of rotatable bonds is 7. The summed E-state index contributed by atoms with van der Waals surface area (Å²) in [6.07, 6.45) is 4.79. The molecule has 0 saturated heterocycles. The molecule has 0 aliphatic heterocycles. The Balaban J connectivity index is 0.000000171. The van der Waals surface area contributed by atoms with Crippen LogP contribution in [0.3, 0.4) is 0 Å². The average Bonchev–Trinajstić information content (AvgIpc) is 3.67. The molecule has 0 fully saturated rings. The molecule has 0 N–H and O–H groups in total. The Morgan fingerprint density at radius 2 is 1.09 bits per heavy atom. The topological polar surface area (TPSA) is 96.6 Å². The number of hydrogen-bond donors (Lipinski definition) is 0. The maximum Gasteiger partial charge on any atom is 0.268 e. The van der Waals surface area contributed by atoms with E-state index in [2.05, 4.69) is 22.5 Å². The predicted molar refractivity (Wildman–Crippen MR) is 173 cm³/mol. The Morgan fingerprint density at radius 3 is 1.56 bits per heavy atom. The molecular formula is C32H27BrN2O6S2. The molecule has 0 amide bonds. The normalized spacial score (nSPS) is 11.6. The van der Waals surface area contributed by atoms with Crippen LogP contribution in [0, 0.1) is 0 Å². The summed E-state index contributed by atoms with van der Waals surface area (Å²) in [6.45, 7) is 3.77. The van der Waals surface area contributed by atoms with Crippen molar-refractivity contribution in [3.63, 3.8) is 0 Å². The second-order valence-corrected chi connectivity index (χ2v) is 13.7. The van der Waals surface area contributed by atoms with Crippen LogP contribution in [-0.2, 0) is 20.0 Å². The fourth-order valence-corrected chi connectivity index (χ4v) is 7.88. The highest BCUT2D eigenvalue weighted by atomic mass is 79.9. The molecule has 2 heterocycles. The third-order valence-corrected chi connectivity index (χ3v) is 10.8. The second kappa shape index (κ2) is 12.1. The van der Waals surface area contributed by atoms with Crippen molar-refractivity contribution in [2.24, 2.45) is 0 Å². The second-order valence-electron chi connectivity index (χ2n) is 9.25. The van der Waals surface area contributed by atoms with Gasteiger partial charge < -0.3 is 9.47 Å². The van der Waals surface area contributed by atoms with Crippen LogP contribution in [0.25, 0.3) is 27.9 Å². The summed E-state index contributed by atoms with van der Waals surface area (Å²) in [6, 6.07) is 27.3. The SMILES string of the molecule is C=Cc1cc(OC)cc2c1ccn2S(=O)(=O)c1ccccc1.COc1cc(Br)c2ccn(S(=O)(=O)c3ccccc3)c2c1. The van der Waals surface area contributed by atoms with Gasteiger partial charge in [0.05, 0.1) is 35.0 Å². The fourth-order valence-electron chi connectivity index (χ4n) is 4.60. The van der Waals surface area contributed by atoms with Crippen LogP contribution in [0.5, 0.6) is 11.5 Å². The van der Waals surface area contributed by atoms with Crippen molar-refractivity contribution in [3.8, 4) is 11.5 Å². The Bertz CT molecular complexity index is 2160. The average molecular weight is 680 g/mol. The highest BCUT2D eigenvalue weighted by Crippen LogP contribution is 2.32. The summed E-state index contributed by atoms with van der Waals surface area (Å²) in [7, 11) is -4.17. The minimum Gasteiger partial charge on any atom is -0.497 e. The standard InChI is InChI=1S/C17H15NO3S.C15H12BrNO3S/c1-3-13-11-14(21-2)12-17-16(13)9-10-18(17)22(19,20)15-7-5-4-6-8-15;1-20-11-9-14(16)13-7-8-17(15(13)10-11)21(18,19)12-5-3-2-4-6-12/h3-12H,1H2,2H3;2-10H,1H3. The van der Waals surface area contributed by atoms with Crippen LogP contribution >= 0.6 is 15.9 Å². The molecule has 4 aromatic carbocycles. The third kappa shape index (κ3) is 5.71. The first kappa shape index (κ1) is 30.1. The fraction of sp³-hybridized carbons (Fsp3) is 0.0625. The van der Waals surface area contributed by atoms with Gasteiger partial charge in [-0.05, 0) is 70.0 Å². The predicted octanol–water partition coefficient (Wildman–Crippen LogP) is 7.18. The molecular weight excluding hydrogens is 652 g/mol. The molecule has 0 unspecified atom stereocenters. The lowest BCUT2D eigenvalue weighted by Gasteiger charge is -2.09. The number of halogens is 1. The smallest absolute Gasteiger partial charge is 0.268 e. The molecule has 0 atom stereocenters. The molecule has 0 saturated carbocycles. The number of nitrogens with zero attached hydrogens (tertiary/aromatic N) is 2. The van der Waals surface area contributed by atoms with Gasteiger partial charge in [0.15, 0.2) is 0 Å². The number of ether oxygens (including phenoxy) is 2. The van der Waals surface area contributed by atoms with Crippen LogP contribution in [0.4, 0.5) is 0 Å². The molecule has 8 nitrogen and oxygen atoms in total. The largest absolute Gasteiger partial charge is 0.497 e. The van der Waals surface area contributed by atoms with Gasteiger partial charge >= 0.3 is 0 Å². The highest BCUT2D eigenvalue weighted by Gasteiger charge is 2.21. The van der Waals surface area contributed by atoms with Gasteiger partial charge in [-0.1, -0.05) is 49.1 Å². The van der Waals surface area contributed by atoms with Crippen molar-refractivity contribution in [1.82, 2.24) is 7.94 Å². The van der Waals surface area contributed by atoms with Crippen molar-refractivity contribution in [1.29, 1.82) is 0 Å². The lowest BCUT2D eigenvalue weighted by Crippen LogP contribution is -2.11. The molecule has 220 valence electrons. The Morgan fingerprint density at radius 1 is 0.651 bits per heavy atom. The lowest BCUT2D eigenvalue weighted by molar-refractivity contribution is 0.415. The van der Waals surface area contributed by atoms with Crippen molar-refractivity contribution in [2.45, 2.75) is 9.79 Å². The number of methoxy groups -OCH3 is 2. The molecule has 6 aromatic rings. The van der Waals surface area contributed by atoms with Crippen molar-refractivity contribution in [3.05, 3.63) is 126 Å². The summed E-state index contributed by atoms with van der Waals surface area (Å²) in [5.74, 6) is 1.18. The summed E-state index contributed by atoms with van der Waals surface area (Å²) in [5.41, 5.74) is 1.97. The van der Waals surface area contributed by atoms with E-state index in [0.717, 1.165) is 20.8 Å². The number of aromatic nitrogens is 2. The Kier molecular flexibility index (Phi) is 8.50. The maximum absolute atomic E-state index is 12.8. The maximum atomic E-state index is 12.8. The molecule has 11 heteroatoms. The summed E-state index contributed by atoms with van der Waals surface area (Å²) < 4.78 is 64.9. The zero-order valence-electron chi connectivity index (χ0n) is 23.2. The van der Waals surface area contributed by atoms with E-state index in [1.807, 2.05) is 12.1 Å². The summed E-state index contributed by atoms with van der Waals surface area (Å²) in [4.78, 5) is 0.497. The van der Waals surface area contributed by atoms with E-state index in [4.69, 9.17) is 9.47 Å². The van der Waals surface area contributed by atoms with E-state index in [1.165, 1.54) is 7.94 Å². The van der Waals surface area contributed by atoms with Crippen molar-refractivity contribution < 1.29 is 26.3 Å². The van der Waals surface area contributed by atoms with Crippen LogP contribution in [-0.4, -0.2) is 39.0 Å². The van der Waals surface area contributed by atoms with Crippen LogP contribution in [0.15, 0.2) is 130 Å². The summed E-state index contributed by atoms with van der Waals surface area (Å²) in [5, 5.41) is 1.63. The lowest BCUT2D eigenvalue weighted by atomic mass is 10.1. The molecule has 0 radical (unpaired) electrons. The first-order chi connectivity index (χ1) is 20.6. The number of benzene rings is 4.